The molecule has 0 bridgehead atoms. The second-order valence-corrected chi connectivity index (χ2v) is 10.2. The van der Waals surface area contributed by atoms with Crippen molar-refractivity contribution in [3.8, 4) is 6.07 Å². The normalized spacial score (nSPS) is 50.1. The van der Waals surface area contributed by atoms with Gasteiger partial charge in [0.25, 0.3) is 0 Å². The SMILES string of the molecule is C[C@H]1CC[C@@]2(C)C(=CC[C@H]3[C@@H]4CC(=O)[C@H]([C@H](C)C#N)[C@@]4(C)CC[C@@H]32)C1. The number of hydrogen-bond acceptors (Lipinski definition) is 2. The quantitative estimate of drug-likeness (QED) is 0.588. The third-order valence-electron chi connectivity index (χ3n) is 8.97. The number of rotatable bonds is 1. The van der Waals surface area contributed by atoms with Crippen LogP contribution < -0.4 is 0 Å². The Morgan fingerprint density at radius 3 is 2.68 bits per heavy atom. The molecule has 0 aromatic heterocycles. The van der Waals surface area contributed by atoms with Crippen LogP contribution >= 0.6 is 0 Å². The van der Waals surface area contributed by atoms with Gasteiger partial charge in [0.05, 0.1) is 12.0 Å². The minimum absolute atomic E-state index is 0.0342. The average Bonchev–Trinajstić information content (AvgIpc) is 2.85. The lowest BCUT2D eigenvalue weighted by Crippen LogP contribution is -2.50. The lowest BCUT2D eigenvalue weighted by atomic mass is 9.46. The fourth-order valence-electron chi connectivity index (χ4n) is 7.60. The molecule has 0 aliphatic heterocycles. The van der Waals surface area contributed by atoms with Crippen molar-refractivity contribution in [2.75, 3.05) is 0 Å². The Hall–Kier alpha value is -1.10. The Kier molecular flexibility index (Phi) is 3.95. The summed E-state index contributed by atoms with van der Waals surface area (Å²) in [7, 11) is 0. The molecule has 0 unspecified atom stereocenters. The Morgan fingerprint density at radius 1 is 1.20 bits per heavy atom. The second kappa shape index (κ2) is 5.70. The summed E-state index contributed by atoms with van der Waals surface area (Å²) in [5.41, 5.74) is 2.15. The van der Waals surface area contributed by atoms with Crippen LogP contribution in [0.5, 0.6) is 0 Å². The molecule has 2 heteroatoms. The van der Waals surface area contributed by atoms with Gasteiger partial charge in [-0.15, -0.1) is 0 Å². The van der Waals surface area contributed by atoms with Gasteiger partial charge in [0.1, 0.15) is 5.78 Å². The van der Waals surface area contributed by atoms with Crippen LogP contribution in [0, 0.1) is 57.7 Å². The molecule has 0 saturated heterocycles. The Bertz CT molecular complexity index is 657. The molecule has 3 saturated carbocycles. The lowest BCUT2D eigenvalue weighted by Gasteiger charge is -2.58. The molecule has 8 atom stereocenters. The van der Waals surface area contributed by atoms with E-state index in [-0.39, 0.29) is 17.3 Å². The summed E-state index contributed by atoms with van der Waals surface area (Å²) in [5, 5.41) is 9.46. The molecule has 4 aliphatic carbocycles. The number of nitriles is 1. The van der Waals surface area contributed by atoms with Gasteiger partial charge in [-0.3, -0.25) is 4.79 Å². The maximum Gasteiger partial charge on any atom is 0.138 e. The minimum Gasteiger partial charge on any atom is -0.299 e. The van der Waals surface area contributed by atoms with E-state index in [2.05, 4.69) is 32.9 Å². The molecular formula is C23H33NO. The minimum atomic E-state index is -0.139. The van der Waals surface area contributed by atoms with E-state index in [0.717, 1.165) is 24.7 Å². The first-order valence-electron chi connectivity index (χ1n) is 10.4. The van der Waals surface area contributed by atoms with Gasteiger partial charge in [-0.2, -0.15) is 5.26 Å². The van der Waals surface area contributed by atoms with E-state index in [4.69, 9.17) is 0 Å². The van der Waals surface area contributed by atoms with E-state index in [1.807, 2.05) is 6.92 Å². The molecule has 4 aliphatic rings. The number of nitrogens with zero attached hydrogens (tertiary/aromatic N) is 1. The van der Waals surface area contributed by atoms with Crippen LogP contribution in [0.25, 0.3) is 0 Å². The van der Waals surface area contributed by atoms with E-state index in [9.17, 15) is 10.1 Å². The summed E-state index contributed by atoms with van der Waals surface area (Å²) in [6.07, 6.45) is 10.8. The maximum atomic E-state index is 12.9. The van der Waals surface area contributed by atoms with E-state index >= 15 is 0 Å². The van der Waals surface area contributed by atoms with Crippen LogP contribution in [0.2, 0.25) is 0 Å². The number of hydrogen-bond donors (Lipinski definition) is 0. The molecule has 0 heterocycles. The van der Waals surface area contributed by atoms with Crippen molar-refractivity contribution < 1.29 is 4.79 Å². The van der Waals surface area contributed by atoms with E-state index in [1.165, 1.54) is 32.1 Å². The third kappa shape index (κ3) is 2.30. The summed E-state index contributed by atoms with van der Waals surface area (Å²) in [6, 6.07) is 2.39. The van der Waals surface area contributed by atoms with Crippen molar-refractivity contribution in [1.82, 2.24) is 0 Å². The first kappa shape index (κ1) is 17.3. The summed E-state index contributed by atoms with van der Waals surface area (Å²) in [5.74, 6) is 2.93. The smallest absolute Gasteiger partial charge is 0.138 e. The first-order valence-corrected chi connectivity index (χ1v) is 10.4. The molecule has 4 rings (SSSR count). The lowest BCUT2D eigenvalue weighted by molar-refractivity contribution is -0.123. The molecule has 0 aromatic rings. The molecular weight excluding hydrogens is 306 g/mol. The van der Waals surface area contributed by atoms with Crippen LogP contribution in [-0.4, -0.2) is 5.78 Å². The highest BCUT2D eigenvalue weighted by Gasteiger charge is 2.61. The highest BCUT2D eigenvalue weighted by molar-refractivity contribution is 5.85. The summed E-state index contributed by atoms with van der Waals surface area (Å²) in [6.45, 7) is 9.22. The molecule has 0 spiro atoms. The maximum absolute atomic E-state index is 12.9. The zero-order chi connectivity index (χ0) is 18.0. The number of allylic oxidation sites excluding steroid dienone is 2. The average molecular weight is 340 g/mol. The van der Waals surface area contributed by atoms with Crippen molar-refractivity contribution in [3.63, 3.8) is 0 Å². The zero-order valence-corrected chi connectivity index (χ0v) is 16.3. The molecule has 0 N–H and O–H groups in total. The summed E-state index contributed by atoms with van der Waals surface area (Å²) in [4.78, 5) is 12.9. The van der Waals surface area contributed by atoms with Gasteiger partial charge < -0.3 is 0 Å². The fraction of sp³-hybridized carbons (Fsp3) is 0.826. The van der Waals surface area contributed by atoms with Crippen LogP contribution in [0.15, 0.2) is 11.6 Å². The monoisotopic (exact) mass is 339 g/mol. The molecule has 136 valence electrons. The zero-order valence-electron chi connectivity index (χ0n) is 16.3. The molecule has 0 radical (unpaired) electrons. The van der Waals surface area contributed by atoms with Gasteiger partial charge in [0.15, 0.2) is 0 Å². The largest absolute Gasteiger partial charge is 0.299 e. The van der Waals surface area contributed by atoms with Crippen LogP contribution in [-0.2, 0) is 4.79 Å². The Balaban J connectivity index is 1.68. The number of ketones is 1. The number of carbonyl (C=O) groups excluding carboxylic acids is 1. The van der Waals surface area contributed by atoms with E-state index in [0.29, 0.717) is 23.0 Å². The standard InChI is InChI=1S/C23H33NO/c1-14-7-9-22(3)16(11-14)5-6-17-18(22)8-10-23(4)19(17)12-20(25)21(23)15(2)13-24/h5,14-15,17-19,21H,6-12H2,1-4H3/t14-,15+,17+,18-,19-,21-,22-,23-/m0/s1. The predicted molar refractivity (Wildman–Crippen MR) is 99.5 cm³/mol. The predicted octanol–water partition coefficient (Wildman–Crippen LogP) is 5.54. The number of Topliss-reactive ketones (excluding diaryl/α,β-unsaturated/α-hetero) is 1. The second-order valence-electron chi connectivity index (χ2n) is 10.2. The van der Waals surface area contributed by atoms with E-state index in [1.54, 1.807) is 5.57 Å². The van der Waals surface area contributed by atoms with Crippen LogP contribution in [0.3, 0.4) is 0 Å². The molecule has 2 nitrogen and oxygen atoms in total. The van der Waals surface area contributed by atoms with Crippen molar-refractivity contribution in [2.45, 2.75) is 72.6 Å². The van der Waals surface area contributed by atoms with Crippen molar-refractivity contribution in [2.24, 2.45) is 46.3 Å². The van der Waals surface area contributed by atoms with Gasteiger partial charge in [0.2, 0.25) is 0 Å². The number of carbonyl (C=O) groups is 1. The van der Waals surface area contributed by atoms with Crippen molar-refractivity contribution in [1.29, 1.82) is 5.26 Å². The highest BCUT2D eigenvalue weighted by Crippen LogP contribution is 2.66. The Morgan fingerprint density at radius 2 is 1.96 bits per heavy atom. The van der Waals surface area contributed by atoms with E-state index < -0.39 is 0 Å². The molecule has 3 fully saturated rings. The van der Waals surface area contributed by atoms with Crippen LogP contribution in [0.1, 0.15) is 72.6 Å². The Labute approximate surface area is 153 Å². The highest BCUT2D eigenvalue weighted by atomic mass is 16.1. The van der Waals surface area contributed by atoms with Gasteiger partial charge in [0, 0.05) is 12.3 Å². The van der Waals surface area contributed by atoms with Gasteiger partial charge >= 0.3 is 0 Å². The van der Waals surface area contributed by atoms with Gasteiger partial charge in [-0.1, -0.05) is 32.4 Å². The number of fused-ring (bicyclic) bond motifs is 5. The summed E-state index contributed by atoms with van der Waals surface area (Å²) < 4.78 is 0. The topological polar surface area (TPSA) is 40.9 Å². The molecule has 0 amide bonds. The van der Waals surface area contributed by atoms with Crippen molar-refractivity contribution in [3.05, 3.63) is 11.6 Å². The molecule has 25 heavy (non-hydrogen) atoms. The fourth-order valence-corrected chi connectivity index (χ4v) is 7.60. The summed E-state index contributed by atoms with van der Waals surface area (Å²) >= 11 is 0. The third-order valence-corrected chi connectivity index (χ3v) is 8.97. The van der Waals surface area contributed by atoms with Crippen LogP contribution in [0.4, 0.5) is 0 Å². The van der Waals surface area contributed by atoms with Crippen molar-refractivity contribution >= 4 is 5.78 Å². The molecule has 0 aromatic carbocycles. The van der Waals surface area contributed by atoms with Gasteiger partial charge in [-0.25, -0.2) is 0 Å². The van der Waals surface area contributed by atoms with Gasteiger partial charge in [-0.05, 0) is 80.0 Å². The first-order chi connectivity index (χ1) is 11.8.